The van der Waals surface area contributed by atoms with Gasteiger partial charge in [-0.15, -0.1) is 0 Å². The molecule has 1 aromatic rings. The first-order valence-corrected chi connectivity index (χ1v) is 6.67. The Morgan fingerprint density at radius 1 is 1.42 bits per heavy atom. The zero-order valence-corrected chi connectivity index (χ0v) is 11.7. The molecule has 1 unspecified atom stereocenters. The lowest BCUT2D eigenvalue weighted by atomic mass is 10.0. The van der Waals surface area contributed by atoms with E-state index < -0.39 is 6.10 Å². The fourth-order valence-electron chi connectivity index (χ4n) is 2.58. The molecule has 0 saturated carbocycles. The van der Waals surface area contributed by atoms with E-state index in [0.717, 1.165) is 5.75 Å². The van der Waals surface area contributed by atoms with Crippen LogP contribution in [-0.2, 0) is 0 Å². The van der Waals surface area contributed by atoms with Gasteiger partial charge in [0.1, 0.15) is 5.75 Å². The largest absolute Gasteiger partial charge is 0.494 e. The van der Waals surface area contributed by atoms with E-state index >= 15 is 0 Å². The number of rotatable bonds is 3. The fraction of sp³-hybridized carbons (Fsp3) is 0.533. The molecule has 1 fully saturated rings. The Labute approximate surface area is 114 Å². The number of aliphatic hydroxyl groups excluding tert-OH is 1. The van der Waals surface area contributed by atoms with E-state index in [1.165, 1.54) is 0 Å². The molecular formula is C15H21NO3. The van der Waals surface area contributed by atoms with E-state index in [2.05, 4.69) is 0 Å². The minimum atomic E-state index is -0.429. The van der Waals surface area contributed by atoms with Crippen molar-refractivity contribution in [2.45, 2.75) is 38.8 Å². The van der Waals surface area contributed by atoms with Gasteiger partial charge in [0, 0.05) is 17.6 Å². The summed E-state index contributed by atoms with van der Waals surface area (Å²) in [6.45, 7) is 6.90. The standard InChI is InChI=1S/C15H21NO3/c1-4-19-13-7-5-11(6-8-13)14(18)16-10-12(17)9-15(16,2)3/h5-8,12,17H,4,9-10H2,1-3H3. The van der Waals surface area contributed by atoms with Gasteiger partial charge in [0.05, 0.1) is 12.7 Å². The molecule has 0 radical (unpaired) electrons. The lowest BCUT2D eigenvalue weighted by Gasteiger charge is -2.31. The predicted octanol–water partition coefficient (Wildman–Crippen LogP) is 2.07. The van der Waals surface area contributed by atoms with Crippen LogP contribution in [0.4, 0.5) is 0 Å². The molecule has 1 aliphatic heterocycles. The summed E-state index contributed by atoms with van der Waals surface area (Å²) in [6.07, 6.45) is 0.192. The van der Waals surface area contributed by atoms with Crippen LogP contribution in [0, 0.1) is 0 Å². The third kappa shape index (κ3) is 2.89. The SMILES string of the molecule is CCOc1ccc(C(=O)N2CC(O)CC2(C)C)cc1. The first kappa shape index (κ1) is 13.9. The lowest BCUT2D eigenvalue weighted by molar-refractivity contribution is 0.0641. The highest BCUT2D eigenvalue weighted by Crippen LogP contribution is 2.30. The fourth-order valence-corrected chi connectivity index (χ4v) is 2.58. The van der Waals surface area contributed by atoms with Crippen molar-refractivity contribution in [1.29, 1.82) is 0 Å². The molecule has 0 bridgehead atoms. The number of amides is 1. The van der Waals surface area contributed by atoms with Crippen LogP contribution in [0.1, 0.15) is 37.6 Å². The van der Waals surface area contributed by atoms with Crippen molar-refractivity contribution in [2.24, 2.45) is 0 Å². The van der Waals surface area contributed by atoms with E-state index in [-0.39, 0.29) is 11.4 Å². The van der Waals surface area contributed by atoms with E-state index in [0.29, 0.717) is 25.1 Å². The number of carbonyl (C=O) groups is 1. The van der Waals surface area contributed by atoms with Gasteiger partial charge in [-0.3, -0.25) is 4.79 Å². The Morgan fingerprint density at radius 2 is 2.05 bits per heavy atom. The number of likely N-dealkylation sites (tertiary alicyclic amines) is 1. The van der Waals surface area contributed by atoms with Gasteiger partial charge in [0.25, 0.3) is 5.91 Å². The molecule has 1 saturated heterocycles. The van der Waals surface area contributed by atoms with E-state index in [4.69, 9.17) is 4.74 Å². The minimum absolute atomic E-state index is 0.0374. The molecule has 1 aliphatic rings. The third-order valence-corrected chi connectivity index (χ3v) is 3.52. The number of nitrogens with zero attached hydrogens (tertiary/aromatic N) is 1. The minimum Gasteiger partial charge on any atom is -0.494 e. The Kier molecular flexibility index (Phi) is 3.80. The molecule has 104 valence electrons. The molecule has 1 heterocycles. The van der Waals surface area contributed by atoms with Gasteiger partial charge >= 0.3 is 0 Å². The highest BCUT2D eigenvalue weighted by Gasteiger charge is 2.40. The van der Waals surface area contributed by atoms with Crippen LogP contribution in [0.2, 0.25) is 0 Å². The summed E-state index contributed by atoms with van der Waals surface area (Å²) in [4.78, 5) is 14.2. The Balaban J connectivity index is 2.15. The van der Waals surface area contributed by atoms with Crippen LogP contribution < -0.4 is 4.74 Å². The topological polar surface area (TPSA) is 49.8 Å². The second-order valence-corrected chi connectivity index (χ2v) is 5.54. The average molecular weight is 263 g/mol. The maximum absolute atomic E-state index is 12.5. The predicted molar refractivity (Wildman–Crippen MR) is 73.4 cm³/mol. The number of β-amino-alcohol motifs (C(OH)–C–C–N with tert-alkyl or cyclic N) is 1. The number of carbonyl (C=O) groups excluding carboxylic acids is 1. The van der Waals surface area contributed by atoms with E-state index in [1.807, 2.05) is 20.8 Å². The van der Waals surface area contributed by atoms with Gasteiger partial charge in [0.2, 0.25) is 0 Å². The Bertz CT molecular complexity index is 453. The maximum Gasteiger partial charge on any atom is 0.254 e. The summed E-state index contributed by atoms with van der Waals surface area (Å²) in [6, 6.07) is 7.15. The molecule has 1 aromatic carbocycles. The van der Waals surface area contributed by atoms with Crippen LogP contribution in [0.15, 0.2) is 24.3 Å². The lowest BCUT2D eigenvalue weighted by Crippen LogP contribution is -2.42. The summed E-state index contributed by atoms with van der Waals surface area (Å²) in [7, 11) is 0. The first-order chi connectivity index (χ1) is 8.94. The maximum atomic E-state index is 12.5. The summed E-state index contributed by atoms with van der Waals surface area (Å²) >= 11 is 0. The Morgan fingerprint density at radius 3 is 2.53 bits per heavy atom. The Hall–Kier alpha value is -1.55. The third-order valence-electron chi connectivity index (χ3n) is 3.52. The number of aliphatic hydroxyl groups is 1. The molecular weight excluding hydrogens is 242 g/mol. The van der Waals surface area contributed by atoms with E-state index in [9.17, 15) is 9.90 Å². The van der Waals surface area contributed by atoms with Gasteiger partial charge in [0.15, 0.2) is 0 Å². The first-order valence-electron chi connectivity index (χ1n) is 6.67. The van der Waals surface area contributed by atoms with Crippen molar-refractivity contribution >= 4 is 5.91 Å². The van der Waals surface area contributed by atoms with Crippen LogP contribution in [0.3, 0.4) is 0 Å². The monoisotopic (exact) mass is 263 g/mol. The molecule has 1 atom stereocenters. The van der Waals surface area contributed by atoms with Crippen molar-refractivity contribution in [3.63, 3.8) is 0 Å². The number of hydrogen-bond acceptors (Lipinski definition) is 3. The van der Waals surface area contributed by atoms with Gasteiger partial charge in [-0.05, 0) is 51.5 Å². The molecule has 19 heavy (non-hydrogen) atoms. The van der Waals surface area contributed by atoms with Crippen molar-refractivity contribution in [1.82, 2.24) is 4.90 Å². The number of ether oxygens (including phenoxy) is 1. The second kappa shape index (κ2) is 5.21. The summed E-state index contributed by atoms with van der Waals surface area (Å²) in [5.41, 5.74) is 0.334. The average Bonchev–Trinajstić information content (AvgIpc) is 2.63. The van der Waals surface area contributed by atoms with Crippen molar-refractivity contribution in [3.05, 3.63) is 29.8 Å². The highest BCUT2D eigenvalue weighted by atomic mass is 16.5. The van der Waals surface area contributed by atoms with Crippen molar-refractivity contribution in [2.75, 3.05) is 13.2 Å². The molecule has 0 aliphatic carbocycles. The molecule has 0 aromatic heterocycles. The quantitative estimate of drug-likeness (QED) is 0.908. The molecule has 2 rings (SSSR count). The zero-order valence-electron chi connectivity index (χ0n) is 11.7. The van der Waals surface area contributed by atoms with Gasteiger partial charge < -0.3 is 14.7 Å². The van der Waals surface area contributed by atoms with Crippen LogP contribution in [0.25, 0.3) is 0 Å². The molecule has 4 heteroatoms. The normalized spacial score (nSPS) is 21.5. The number of benzene rings is 1. The summed E-state index contributed by atoms with van der Waals surface area (Å²) in [5, 5.41) is 9.73. The zero-order chi connectivity index (χ0) is 14.0. The van der Waals surface area contributed by atoms with Crippen LogP contribution in [0.5, 0.6) is 5.75 Å². The van der Waals surface area contributed by atoms with Crippen LogP contribution >= 0.6 is 0 Å². The highest BCUT2D eigenvalue weighted by molar-refractivity contribution is 5.95. The van der Waals surface area contributed by atoms with Crippen molar-refractivity contribution < 1.29 is 14.6 Å². The summed E-state index contributed by atoms with van der Waals surface area (Å²) in [5.74, 6) is 0.726. The number of hydrogen-bond donors (Lipinski definition) is 1. The van der Waals surface area contributed by atoms with Gasteiger partial charge in [-0.1, -0.05) is 0 Å². The molecule has 0 spiro atoms. The smallest absolute Gasteiger partial charge is 0.254 e. The van der Waals surface area contributed by atoms with Gasteiger partial charge in [-0.25, -0.2) is 0 Å². The molecule has 4 nitrogen and oxygen atoms in total. The van der Waals surface area contributed by atoms with Crippen molar-refractivity contribution in [3.8, 4) is 5.75 Å². The second-order valence-electron chi connectivity index (χ2n) is 5.54. The molecule has 1 amide bonds. The van der Waals surface area contributed by atoms with E-state index in [1.54, 1.807) is 29.2 Å². The van der Waals surface area contributed by atoms with Gasteiger partial charge in [-0.2, -0.15) is 0 Å². The summed E-state index contributed by atoms with van der Waals surface area (Å²) < 4.78 is 5.36. The van der Waals surface area contributed by atoms with Crippen LogP contribution in [-0.4, -0.2) is 40.7 Å². The molecule has 1 N–H and O–H groups in total.